The molecule has 0 aliphatic heterocycles. The molecule has 49 heavy (non-hydrogen) atoms. The van der Waals surface area contributed by atoms with E-state index in [0.29, 0.717) is 11.6 Å². The van der Waals surface area contributed by atoms with Crippen molar-refractivity contribution in [1.82, 2.24) is 0 Å². The van der Waals surface area contributed by atoms with E-state index in [1.54, 1.807) is 57.7 Å². The van der Waals surface area contributed by atoms with Crippen molar-refractivity contribution in [2.24, 2.45) is 33.4 Å². The van der Waals surface area contributed by atoms with Gasteiger partial charge in [-0.15, -0.1) is 0 Å². The van der Waals surface area contributed by atoms with Crippen LogP contribution in [0.4, 0.5) is 11.6 Å². The molecule has 6 rings (SSSR count). The van der Waals surface area contributed by atoms with Crippen LogP contribution < -0.4 is 9.13 Å². The molecular formula is C32H28Cl4N6O4S2Zn. The van der Waals surface area contributed by atoms with Crippen molar-refractivity contribution >= 4 is 92.3 Å². The average Bonchev–Trinajstić information content (AvgIpc) is 3.08. The number of sulfonamides is 2. The molecule has 0 saturated carbocycles. The SMILES string of the molecule is C[n+]1c(N=NS(=O)(=O)c2ccccc2)ccc2ccccc21.C[n+]1c(N=NS(=O)(=O)c2ccccc2)ccc2ccccc21.[Cl][Zn-2]([Cl])([Cl])[Cl]. The molecule has 0 fully saturated rings. The van der Waals surface area contributed by atoms with Gasteiger partial charge in [-0.3, -0.25) is 0 Å². The van der Waals surface area contributed by atoms with E-state index in [-0.39, 0.29) is 9.79 Å². The van der Waals surface area contributed by atoms with Gasteiger partial charge in [0.1, 0.15) is 11.0 Å². The Kier molecular flexibility index (Phi) is 13.3. The third-order valence-electron chi connectivity index (χ3n) is 6.69. The topological polar surface area (TPSA) is 125 Å². The van der Waals surface area contributed by atoms with Gasteiger partial charge in [-0.05, 0) is 48.5 Å². The molecule has 0 aliphatic rings. The van der Waals surface area contributed by atoms with Crippen LogP contribution in [0.1, 0.15) is 0 Å². The summed E-state index contributed by atoms with van der Waals surface area (Å²) in [5, 5.41) is 9.91. The van der Waals surface area contributed by atoms with Crippen LogP contribution in [0, 0.1) is 0 Å². The standard InChI is InChI=1S/2C16H14N3O2S.4ClH.Zn/c2*1-19-15-10-6-5-7-13(15)11-12-16(19)17-18-22(20,21)14-8-3-2-4-9-14;;;;;/h2*2-12H,1H3;4*1H;/q2*+1;;;;;+2/p-4. The van der Waals surface area contributed by atoms with Crippen LogP contribution in [0.25, 0.3) is 21.8 Å². The molecule has 0 aliphatic carbocycles. The van der Waals surface area contributed by atoms with E-state index in [9.17, 15) is 16.8 Å². The van der Waals surface area contributed by atoms with E-state index in [0.717, 1.165) is 21.8 Å². The molecule has 252 valence electrons. The predicted octanol–water partition coefficient (Wildman–Crippen LogP) is 9.03. The van der Waals surface area contributed by atoms with Crippen molar-refractivity contribution in [1.29, 1.82) is 0 Å². The number of rotatable bonds is 6. The fourth-order valence-corrected chi connectivity index (χ4v) is 5.91. The fourth-order valence-electron chi connectivity index (χ4n) is 4.34. The summed E-state index contributed by atoms with van der Waals surface area (Å²) < 4.78 is 59.1. The van der Waals surface area contributed by atoms with Gasteiger partial charge < -0.3 is 0 Å². The number of hydrogen-bond acceptors (Lipinski definition) is 6. The number of aromatic nitrogens is 2. The van der Waals surface area contributed by atoms with E-state index < -0.39 is 30.9 Å². The van der Waals surface area contributed by atoms with Crippen LogP contribution in [0.5, 0.6) is 0 Å². The second-order valence-electron chi connectivity index (χ2n) is 10.2. The van der Waals surface area contributed by atoms with Gasteiger partial charge in [-0.1, -0.05) is 72.8 Å². The molecule has 2 heterocycles. The van der Waals surface area contributed by atoms with Gasteiger partial charge in [-0.25, -0.2) is 9.13 Å². The molecule has 0 N–H and O–H groups in total. The van der Waals surface area contributed by atoms with Crippen molar-refractivity contribution in [3.8, 4) is 0 Å². The van der Waals surface area contributed by atoms with Gasteiger partial charge >= 0.3 is 81.3 Å². The molecule has 2 aromatic heterocycles. The van der Waals surface area contributed by atoms with Crippen molar-refractivity contribution < 1.29 is 36.8 Å². The number of halogens is 4. The van der Waals surface area contributed by atoms with Crippen molar-refractivity contribution in [3.63, 3.8) is 0 Å². The Labute approximate surface area is 303 Å². The van der Waals surface area contributed by atoms with Crippen LogP contribution in [-0.2, 0) is 45.0 Å². The maximum atomic E-state index is 12.1. The summed E-state index contributed by atoms with van der Waals surface area (Å²) in [5.74, 6) is 0.941. The van der Waals surface area contributed by atoms with Crippen LogP contribution in [0.2, 0.25) is 0 Å². The minimum absolute atomic E-state index is 0.127. The zero-order valence-corrected chi connectivity index (χ0v) is 33.7. The Hall–Kier alpha value is -3.42. The Balaban J connectivity index is 0.000000194. The van der Waals surface area contributed by atoms with Crippen molar-refractivity contribution in [2.75, 3.05) is 0 Å². The number of aryl methyl sites for hydroxylation is 2. The molecule has 0 atom stereocenters. The first-order valence-corrected chi connectivity index (χ1v) is 32.9. The van der Waals surface area contributed by atoms with Crippen LogP contribution in [0.15, 0.2) is 163 Å². The normalized spacial score (nSPS) is 12.0. The number of para-hydroxylation sites is 2. The summed E-state index contributed by atoms with van der Waals surface area (Å²) in [6.45, 7) is 0. The Morgan fingerprint density at radius 3 is 1.12 bits per heavy atom. The van der Waals surface area contributed by atoms with Crippen molar-refractivity contribution in [3.05, 3.63) is 133 Å². The van der Waals surface area contributed by atoms with Crippen molar-refractivity contribution in [2.45, 2.75) is 9.79 Å². The minimum atomic E-state index is -3.78. The number of fused-ring (bicyclic) bond motifs is 2. The first-order chi connectivity index (χ1) is 23.2. The molecule has 17 heteroatoms. The zero-order chi connectivity index (χ0) is 35.7. The summed E-state index contributed by atoms with van der Waals surface area (Å²) in [4.78, 5) is 0.254. The summed E-state index contributed by atoms with van der Waals surface area (Å²) in [7, 11) is 12.9. The molecule has 0 bridgehead atoms. The van der Waals surface area contributed by atoms with Crippen LogP contribution in [-0.4, -0.2) is 16.8 Å². The maximum absolute atomic E-state index is 12.1. The van der Waals surface area contributed by atoms with Crippen LogP contribution in [0.3, 0.4) is 0 Å². The van der Waals surface area contributed by atoms with Gasteiger partial charge in [-0.2, -0.15) is 16.8 Å². The van der Waals surface area contributed by atoms with E-state index in [1.165, 1.54) is 24.3 Å². The second-order valence-corrected chi connectivity index (χ2v) is 41.1. The van der Waals surface area contributed by atoms with E-state index >= 15 is 0 Å². The molecule has 10 nitrogen and oxygen atoms in total. The molecule has 0 saturated heterocycles. The summed E-state index contributed by atoms with van der Waals surface area (Å²) in [6, 6.07) is 38.9. The van der Waals surface area contributed by atoms with Gasteiger partial charge in [0.25, 0.3) is 0 Å². The number of nitrogens with zero attached hydrogens (tertiary/aromatic N) is 6. The Morgan fingerprint density at radius 2 is 0.776 bits per heavy atom. The Bertz CT molecular complexity index is 2180. The third kappa shape index (κ3) is 11.3. The van der Waals surface area contributed by atoms with Crippen LogP contribution >= 0.6 is 38.8 Å². The van der Waals surface area contributed by atoms with Gasteiger partial charge in [0.2, 0.25) is 0 Å². The number of hydrogen-bond donors (Lipinski definition) is 0. The quantitative estimate of drug-likeness (QED) is 0.0944. The molecular weight excluding hydrogens is 804 g/mol. The van der Waals surface area contributed by atoms with Gasteiger partial charge in [0.05, 0.1) is 43.2 Å². The molecule has 0 radical (unpaired) electrons. The van der Waals surface area contributed by atoms with E-state index in [4.69, 9.17) is 38.8 Å². The first-order valence-electron chi connectivity index (χ1n) is 14.4. The van der Waals surface area contributed by atoms with E-state index in [1.807, 2.05) is 74.8 Å². The summed E-state index contributed by atoms with van der Waals surface area (Å²) >= 11 is 0. The monoisotopic (exact) mass is 828 g/mol. The molecule has 6 aromatic rings. The number of benzene rings is 4. The molecule has 0 unspecified atom stereocenters. The number of pyridine rings is 2. The first kappa shape index (κ1) is 38.4. The zero-order valence-electron chi connectivity index (χ0n) is 26.1. The average molecular weight is 832 g/mol. The molecule has 0 amide bonds. The molecule has 4 aromatic carbocycles. The van der Waals surface area contributed by atoms with Gasteiger partial charge in [0.15, 0.2) is 0 Å². The predicted molar refractivity (Wildman–Crippen MR) is 190 cm³/mol. The fraction of sp³-hybridized carbons (Fsp3) is 0.0625. The third-order valence-corrected chi connectivity index (χ3v) is 9.02. The summed E-state index contributed by atoms with van der Waals surface area (Å²) in [6.07, 6.45) is 0. The summed E-state index contributed by atoms with van der Waals surface area (Å²) in [5.41, 5.74) is 1.91. The molecule has 0 spiro atoms. The second kappa shape index (κ2) is 17.0. The van der Waals surface area contributed by atoms with Gasteiger partial charge in [0, 0.05) is 22.9 Å². The van der Waals surface area contributed by atoms with E-state index in [2.05, 4.69) is 19.3 Å². The Morgan fingerprint density at radius 1 is 0.469 bits per heavy atom.